The Morgan fingerprint density at radius 1 is 1.11 bits per heavy atom. The zero-order valence-electron chi connectivity index (χ0n) is 9.95. The molecule has 3 aromatic rings. The maximum absolute atomic E-state index is 5.63. The molecule has 0 spiro atoms. The molecule has 0 saturated heterocycles. The summed E-state index contributed by atoms with van der Waals surface area (Å²) in [4.78, 5) is 8.36. The molecule has 1 aromatic carbocycles. The maximum Gasteiger partial charge on any atom is 0.0994 e. The molecule has 0 radical (unpaired) electrons. The third kappa shape index (κ3) is 1.76. The van der Waals surface area contributed by atoms with Crippen LogP contribution in [0.15, 0.2) is 49.2 Å². The molecule has 0 atom stereocenters. The molecule has 0 bridgehead atoms. The average molecular weight is 238 g/mol. The van der Waals surface area contributed by atoms with Crippen LogP contribution in [0.25, 0.3) is 16.5 Å². The first-order valence-corrected chi connectivity index (χ1v) is 5.94. The van der Waals surface area contributed by atoms with E-state index in [0.717, 1.165) is 23.2 Å². The minimum Gasteiger partial charge on any atom is -0.330 e. The molecule has 18 heavy (non-hydrogen) atoms. The van der Waals surface area contributed by atoms with Gasteiger partial charge >= 0.3 is 0 Å². The molecule has 2 heterocycles. The van der Waals surface area contributed by atoms with E-state index < -0.39 is 0 Å². The molecule has 3 rings (SSSR count). The van der Waals surface area contributed by atoms with Crippen LogP contribution in [0.5, 0.6) is 0 Å². The van der Waals surface area contributed by atoms with Crippen molar-refractivity contribution in [2.45, 2.75) is 6.42 Å². The van der Waals surface area contributed by atoms with Gasteiger partial charge < -0.3 is 10.3 Å². The molecule has 0 aliphatic heterocycles. The highest BCUT2D eigenvalue weighted by atomic mass is 15.1. The lowest BCUT2D eigenvalue weighted by atomic mass is 10.1. The Bertz CT molecular complexity index is 667. The number of nitrogens with zero attached hydrogens (tertiary/aromatic N) is 3. The fraction of sp³-hybridized carbons (Fsp3) is 0.143. The highest BCUT2D eigenvalue weighted by molar-refractivity contribution is 5.89. The highest BCUT2D eigenvalue weighted by Gasteiger charge is 2.06. The molecule has 0 aliphatic rings. The largest absolute Gasteiger partial charge is 0.330 e. The number of pyridine rings is 1. The molecule has 4 heteroatoms. The number of imidazole rings is 1. The molecule has 0 amide bonds. The summed E-state index contributed by atoms with van der Waals surface area (Å²) in [5, 5.41) is 2.30. The minimum absolute atomic E-state index is 0.623. The van der Waals surface area contributed by atoms with Gasteiger partial charge in [0.15, 0.2) is 0 Å². The fourth-order valence-electron chi connectivity index (χ4n) is 2.19. The fourth-order valence-corrected chi connectivity index (χ4v) is 2.19. The summed E-state index contributed by atoms with van der Waals surface area (Å²) in [5.41, 5.74) is 7.88. The van der Waals surface area contributed by atoms with E-state index >= 15 is 0 Å². The van der Waals surface area contributed by atoms with Gasteiger partial charge in [0.05, 0.1) is 12.0 Å². The number of fused-ring (bicyclic) bond motifs is 1. The smallest absolute Gasteiger partial charge is 0.0994 e. The van der Waals surface area contributed by atoms with Gasteiger partial charge in [-0.15, -0.1) is 0 Å². The lowest BCUT2D eigenvalue weighted by Crippen LogP contribution is -2.07. The number of benzene rings is 1. The molecule has 0 fully saturated rings. The van der Waals surface area contributed by atoms with Gasteiger partial charge in [0.25, 0.3) is 0 Å². The first-order valence-electron chi connectivity index (χ1n) is 5.94. The Labute approximate surface area is 105 Å². The van der Waals surface area contributed by atoms with Gasteiger partial charge in [-0.3, -0.25) is 4.98 Å². The quantitative estimate of drug-likeness (QED) is 0.758. The van der Waals surface area contributed by atoms with Gasteiger partial charge in [0, 0.05) is 41.5 Å². The summed E-state index contributed by atoms with van der Waals surface area (Å²) in [6.07, 6.45) is 8.21. The second-order valence-electron chi connectivity index (χ2n) is 4.17. The maximum atomic E-state index is 5.63. The van der Waals surface area contributed by atoms with Crippen molar-refractivity contribution in [1.29, 1.82) is 0 Å². The predicted molar refractivity (Wildman–Crippen MR) is 71.6 cm³/mol. The number of hydrogen-bond acceptors (Lipinski definition) is 3. The molecule has 0 unspecified atom stereocenters. The van der Waals surface area contributed by atoms with Gasteiger partial charge in [-0.1, -0.05) is 12.1 Å². The number of hydrogen-bond donors (Lipinski definition) is 1. The average Bonchev–Trinajstić information content (AvgIpc) is 2.87. The van der Waals surface area contributed by atoms with Gasteiger partial charge in [0.2, 0.25) is 0 Å². The first-order chi connectivity index (χ1) is 8.90. The molecule has 90 valence electrons. The third-order valence-corrected chi connectivity index (χ3v) is 3.03. The lowest BCUT2D eigenvalue weighted by molar-refractivity contribution is 0.877. The number of nitrogens with two attached hydrogens (primary N) is 1. The van der Waals surface area contributed by atoms with Crippen LogP contribution in [0, 0.1) is 0 Å². The zero-order valence-corrected chi connectivity index (χ0v) is 9.95. The van der Waals surface area contributed by atoms with Gasteiger partial charge in [0.1, 0.15) is 0 Å². The molecule has 4 nitrogen and oxygen atoms in total. The van der Waals surface area contributed by atoms with Crippen LogP contribution in [0.1, 0.15) is 5.69 Å². The van der Waals surface area contributed by atoms with Crippen molar-refractivity contribution in [3.05, 3.63) is 54.9 Å². The third-order valence-electron chi connectivity index (χ3n) is 3.03. The molecule has 0 aliphatic carbocycles. The van der Waals surface area contributed by atoms with Gasteiger partial charge in [-0.2, -0.15) is 0 Å². The summed E-state index contributed by atoms with van der Waals surface area (Å²) in [5.74, 6) is 0. The summed E-state index contributed by atoms with van der Waals surface area (Å²) in [6, 6.07) is 8.21. The zero-order chi connectivity index (χ0) is 12.4. The lowest BCUT2D eigenvalue weighted by Gasteiger charge is -2.10. The van der Waals surface area contributed by atoms with E-state index in [1.54, 1.807) is 0 Å². The Morgan fingerprint density at radius 2 is 2.06 bits per heavy atom. The van der Waals surface area contributed by atoms with Crippen LogP contribution in [0.4, 0.5) is 0 Å². The number of aromatic nitrogens is 3. The van der Waals surface area contributed by atoms with Crippen LogP contribution in [0.2, 0.25) is 0 Å². The van der Waals surface area contributed by atoms with Crippen LogP contribution >= 0.6 is 0 Å². The van der Waals surface area contributed by atoms with Crippen molar-refractivity contribution in [2.75, 3.05) is 6.54 Å². The molecular weight excluding hydrogens is 224 g/mol. The summed E-state index contributed by atoms with van der Waals surface area (Å²) < 4.78 is 2.09. The molecule has 2 aromatic heterocycles. The van der Waals surface area contributed by atoms with Crippen molar-refractivity contribution in [1.82, 2.24) is 14.5 Å². The van der Waals surface area contributed by atoms with Crippen molar-refractivity contribution < 1.29 is 0 Å². The summed E-state index contributed by atoms with van der Waals surface area (Å²) >= 11 is 0. The van der Waals surface area contributed by atoms with Crippen LogP contribution in [-0.4, -0.2) is 21.1 Å². The second-order valence-corrected chi connectivity index (χ2v) is 4.17. The topological polar surface area (TPSA) is 56.7 Å². The standard InChI is InChI=1S/C14H14N4/c15-6-4-12-9-17-10-18(12)14-3-1-2-11-8-16-7-5-13(11)14/h1-3,5,7-10H,4,6,15H2. The summed E-state index contributed by atoms with van der Waals surface area (Å²) in [6.45, 7) is 0.623. The number of rotatable bonds is 3. The Hall–Kier alpha value is -2.20. The van der Waals surface area contributed by atoms with Crippen LogP contribution in [-0.2, 0) is 6.42 Å². The van der Waals surface area contributed by atoms with E-state index in [2.05, 4.69) is 26.7 Å². The SMILES string of the molecule is NCCc1cncn1-c1cccc2cnccc12. The van der Waals surface area contributed by atoms with Crippen LogP contribution in [0.3, 0.4) is 0 Å². The second kappa shape index (κ2) is 4.58. The van der Waals surface area contributed by atoms with Crippen molar-refractivity contribution in [2.24, 2.45) is 5.73 Å². The predicted octanol–water partition coefficient (Wildman–Crippen LogP) is 1.92. The van der Waals surface area contributed by atoms with E-state index in [9.17, 15) is 0 Å². The Morgan fingerprint density at radius 3 is 2.94 bits per heavy atom. The van der Waals surface area contributed by atoms with E-state index in [1.165, 1.54) is 5.39 Å². The van der Waals surface area contributed by atoms with E-state index in [4.69, 9.17) is 5.73 Å². The van der Waals surface area contributed by atoms with Crippen molar-refractivity contribution >= 4 is 10.8 Å². The van der Waals surface area contributed by atoms with E-state index in [0.29, 0.717) is 6.54 Å². The highest BCUT2D eigenvalue weighted by Crippen LogP contribution is 2.22. The van der Waals surface area contributed by atoms with Gasteiger partial charge in [-0.05, 0) is 18.7 Å². The molecular formula is C14H14N4. The molecule has 2 N–H and O–H groups in total. The first kappa shape index (κ1) is 10.9. The van der Waals surface area contributed by atoms with Crippen molar-refractivity contribution in [3.8, 4) is 5.69 Å². The minimum atomic E-state index is 0.623. The normalized spacial score (nSPS) is 10.9. The molecule has 0 saturated carbocycles. The van der Waals surface area contributed by atoms with E-state index in [-0.39, 0.29) is 0 Å². The monoisotopic (exact) mass is 238 g/mol. The van der Waals surface area contributed by atoms with Gasteiger partial charge in [-0.25, -0.2) is 4.98 Å². The Kier molecular flexibility index (Phi) is 2.78. The van der Waals surface area contributed by atoms with Crippen LogP contribution < -0.4 is 5.73 Å². The summed E-state index contributed by atoms with van der Waals surface area (Å²) in [7, 11) is 0. The van der Waals surface area contributed by atoms with E-state index in [1.807, 2.05) is 37.1 Å². The van der Waals surface area contributed by atoms with Crippen molar-refractivity contribution in [3.63, 3.8) is 0 Å². The Balaban J connectivity index is 2.22.